The summed E-state index contributed by atoms with van der Waals surface area (Å²) in [5, 5.41) is 7.04. The third-order valence-corrected chi connectivity index (χ3v) is 4.57. The number of hydrogen-bond acceptors (Lipinski definition) is 3. The lowest BCUT2D eigenvalue weighted by molar-refractivity contribution is 0.528. The van der Waals surface area contributed by atoms with Gasteiger partial charge in [-0.2, -0.15) is 0 Å². The summed E-state index contributed by atoms with van der Waals surface area (Å²) in [5.74, 6) is 0. The largest absolute Gasteiger partial charge is 0.308 e. The summed E-state index contributed by atoms with van der Waals surface area (Å²) in [4.78, 5) is 4.59. The number of thiazole rings is 1. The van der Waals surface area contributed by atoms with Gasteiger partial charge in [-0.3, -0.25) is 0 Å². The zero-order valence-corrected chi connectivity index (χ0v) is 11.5. The molecule has 0 saturated carbocycles. The predicted octanol–water partition coefficient (Wildman–Crippen LogP) is 2.96. The van der Waals surface area contributed by atoms with Crippen LogP contribution >= 0.6 is 11.3 Å². The van der Waals surface area contributed by atoms with Crippen molar-refractivity contribution in [1.29, 1.82) is 0 Å². The van der Waals surface area contributed by atoms with Crippen LogP contribution in [0.2, 0.25) is 0 Å². The van der Waals surface area contributed by atoms with Crippen molar-refractivity contribution in [2.24, 2.45) is 0 Å². The Hall–Kier alpha value is -1.19. The van der Waals surface area contributed by atoms with Crippen molar-refractivity contribution in [1.82, 2.24) is 10.3 Å². The summed E-state index contributed by atoms with van der Waals surface area (Å²) in [6.45, 7) is 3.05. The van der Waals surface area contributed by atoms with Crippen molar-refractivity contribution in [2.75, 3.05) is 0 Å². The highest BCUT2D eigenvalue weighted by molar-refractivity contribution is 7.09. The molecule has 1 aromatic carbocycles. The first-order valence-corrected chi connectivity index (χ1v) is 7.46. The first-order valence-electron chi connectivity index (χ1n) is 6.58. The van der Waals surface area contributed by atoms with Gasteiger partial charge >= 0.3 is 0 Å². The normalized spacial score (nSPS) is 14.9. The second-order valence-corrected chi connectivity index (χ2v) is 5.78. The summed E-state index contributed by atoms with van der Waals surface area (Å²) in [7, 11) is 0. The Morgan fingerprint density at radius 2 is 2.00 bits per heavy atom. The van der Waals surface area contributed by atoms with E-state index in [9.17, 15) is 0 Å². The summed E-state index contributed by atoms with van der Waals surface area (Å²) < 4.78 is 0. The van der Waals surface area contributed by atoms with Crippen molar-refractivity contribution in [2.45, 2.75) is 38.8 Å². The molecule has 1 aliphatic carbocycles. The van der Waals surface area contributed by atoms with Gasteiger partial charge in [-0.15, -0.1) is 11.3 Å². The first kappa shape index (κ1) is 11.9. The number of aromatic nitrogens is 1. The van der Waals surface area contributed by atoms with E-state index in [1.54, 1.807) is 11.3 Å². The molecule has 0 atom stereocenters. The van der Waals surface area contributed by atoms with Crippen LogP contribution in [0, 0.1) is 0 Å². The van der Waals surface area contributed by atoms with Gasteiger partial charge in [-0.1, -0.05) is 31.2 Å². The molecule has 0 bridgehead atoms. The molecule has 1 aliphatic rings. The second kappa shape index (κ2) is 5.21. The lowest BCUT2D eigenvalue weighted by Gasteiger charge is -2.10. The summed E-state index contributed by atoms with van der Waals surface area (Å²) in [5.41, 5.74) is 4.19. The lowest BCUT2D eigenvalue weighted by Crippen LogP contribution is -2.29. The van der Waals surface area contributed by atoms with Gasteiger partial charge in [-0.05, 0) is 30.4 Å². The van der Waals surface area contributed by atoms with Crippen LogP contribution in [0.4, 0.5) is 0 Å². The van der Waals surface area contributed by atoms with Crippen molar-refractivity contribution < 1.29 is 0 Å². The third-order valence-electron chi connectivity index (χ3n) is 3.52. The molecule has 3 heteroatoms. The van der Waals surface area contributed by atoms with E-state index in [4.69, 9.17) is 0 Å². The van der Waals surface area contributed by atoms with E-state index in [0.29, 0.717) is 6.04 Å². The second-order valence-electron chi connectivity index (χ2n) is 4.84. The van der Waals surface area contributed by atoms with Crippen molar-refractivity contribution in [3.05, 3.63) is 51.5 Å². The fourth-order valence-electron chi connectivity index (χ4n) is 2.54. The van der Waals surface area contributed by atoms with Gasteiger partial charge in [0.25, 0.3) is 0 Å². The maximum absolute atomic E-state index is 4.59. The highest BCUT2D eigenvalue weighted by Gasteiger charge is 2.20. The zero-order chi connectivity index (χ0) is 12.4. The Kier molecular flexibility index (Phi) is 3.43. The van der Waals surface area contributed by atoms with Gasteiger partial charge in [0.1, 0.15) is 0 Å². The van der Waals surface area contributed by atoms with Crippen molar-refractivity contribution >= 4 is 11.3 Å². The van der Waals surface area contributed by atoms with Crippen LogP contribution < -0.4 is 5.32 Å². The molecule has 2 aromatic rings. The average molecular weight is 258 g/mol. The van der Waals surface area contributed by atoms with Gasteiger partial charge in [0.05, 0.1) is 10.7 Å². The van der Waals surface area contributed by atoms with Crippen molar-refractivity contribution in [3.8, 4) is 0 Å². The number of fused-ring (bicyclic) bond motifs is 1. The molecule has 0 unspecified atom stereocenters. The highest BCUT2D eigenvalue weighted by atomic mass is 32.1. The Morgan fingerprint density at radius 1 is 1.28 bits per heavy atom. The molecule has 0 fully saturated rings. The van der Waals surface area contributed by atoms with Crippen molar-refractivity contribution in [3.63, 3.8) is 0 Å². The van der Waals surface area contributed by atoms with Crippen LogP contribution in [-0.2, 0) is 25.8 Å². The fraction of sp³-hybridized carbons (Fsp3) is 0.400. The molecule has 94 valence electrons. The Morgan fingerprint density at radius 3 is 2.61 bits per heavy atom. The zero-order valence-electron chi connectivity index (χ0n) is 10.6. The Bertz CT molecular complexity index is 508. The highest BCUT2D eigenvalue weighted by Crippen LogP contribution is 2.22. The topological polar surface area (TPSA) is 24.9 Å². The molecule has 0 amide bonds. The number of hydrogen-bond donors (Lipinski definition) is 1. The van der Waals surface area contributed by atoms with Crippen LogP contribution in [0.15, 0.2) is 29.6 Å². The average Bonchev–Trinajstić information content (AvgIpc) is 3.02. The minimum absolute atomic E-state index is 0.578. The molecular weight excluding hydrogens is 240 g/mol. The minimum atomic E-state index is 0.578. The summed E-state index contributed by atoms with van der Waals surface area (Å²) in [6.07, 6.45) is 3.35. The van der Waals surface area contributed by atoms with E-state index < -0.39 is 0 Å². The lowest BCUT2D eigenvalue weighted by atomic mass is 10.1. The molecule has 2 nitrogen and oxygen atoms in total. The smallest absolute Gasteiger partial charge is 0.0926 e. The Labute approximate surface area is 112 Å². The molecule has 0 aliphatic heterocycles. The SMILES string of the molecule is CCc1nc(CNC2Cc3ccccc3C2)cs1. The quantitative estimate of drug-likeness (QED) is 0.912. The molecule has 0 saturated heterocycles. The fourth-order valence-corrected chi connectivity index (χ4v) is 3.29. The van der Waals surface area contributed by atoms with E-state index in [1.165, 1.54) is 21.8 Å². The van der Waals surface area contributed by atoms with E-state index in [1.807, 2.05) is 0 Å². The number of aryl methyl sites for hydroxylation is 1. The molecule has 1 aromatic heterocycles. The van der Waals surface area contributed by atoms with Crippen LogP contribution in [-0.4, -0.2) is 11.0 Å². The molecule has 0 spiro atoms. The van der Waals surface area contributed by atoms with Crippen LogP contribution in [0.1, 0.15) is 28.8 Å². The molecule has 1 N–H and O–H groups in total. The van der Waals surface area contributed by atoms with Gasteiger partial charge in [0.2, 0.25) is 0 Å². The number of rotatable bonds is 4. The van der Waals surface area contributed by atoms with Gasteiger partial charge < -0.3 is 5.32 Å². The summed E-state index contributed by atoms with van der Waals surface area (Å²) >= 11 is 1.77. The van der Waals surface area contributed by atoms with E-state index >= 15 is 0 Å². The van der Waals surface area contributed by atoms with Crippen LogP contribution in [0.5, 0.6) is 0 Å². The van der Waals surface area contributed by atoms with E-state index in [2.05, 4.69) is 46.9 Å². The third kappa shape index (κ3) is 2.47. The number of benzene rings is 1. The molecule has 1 heterocycles. The molecule has 0 radical (unpaired) electrons. The van der Waals surface area contributed by atoms with Gasteiger partial charge in [-0.25, -0.2) is 4.98 Å². The van der Waals surface area contributed by atoms with E-state index in [0.717, 1.165) is 25.8 Å². The first-order chi connectivity index (χ1) is 8.85. The maximum atomic E-state index is 4.59. The van der Waals surface area contributed by atoms with Gasteiger partial charge in [0, 0.05) is 18.0 Å². The van der Waals surface area contributed by atoms with Crippen LogP contribution in [0.3, 0.4) is 0 Å². The minimum Gasteiger partial charge on any atom is -0.308 e. The van der Waals surface area contributed by atoms with Gasteiger partial charge in [0.15, 0.2) is 0 Å². The monoisotopic (exact) mass is 258 g/mol. The molecular formula is C15H18N2S. The van der Waals surface area contributed by atoms with Crippen LogP contribution in [0.25, 0.3) is 0 Å². The predicted molar refractivity (Wildman–Crippen MR) is 76.0 cm³/mol. The standard InChI is InChI=1S/C15H18N2S/c1-2-15-17-14(10-18-15)9-16-13-7-11-5-3-4-6-12(11)8-13/h3-6,10,13,16H,2,7-9H2,1H3. The molecule has 3 rings (SSSR count). The number of nitrogens with zero attached hydrogens (tertiary/aromatic N) is 1. The van der Waals surface area contributed by atoms with E-state index in [-0.39, 0.29) is 0 Å². The maximum Gasteiger partial charge on any atom is 0.0926 e. The number of nitrogens with one attached hydrogen (secondary N) is 1. The Balaban J connectivity index is 1.57. The summed E-state index contributed by atoms with van der Waals surface area (Å²) in [6, 6.07) is 9.34. The molecule has 18 heavy (non-hydrogen) atoms.